The lowest BCUT2D eigenvalue weighted by molar-refractivity contribution is 0.378. The molecule has 0 aliphatic rings. The van der Waals surface area contributed by atoms with E-state index in [1.165, 1.54) is 52.8 Å². The van der Waals surface area contributed by atoms with Crippen LogP contribution in [0.4, 0.5) is 8.78 Å². The number of methoxy groups -OCH3 is 1. The summed E-state index contributed by atoms with van der Waals surface area (Å²) in [6.07, 6.45) is 6.58. The molecule has 0 fully saturated rings. The topological polar surface area (TPSA) is 9.23 Å². The molecule has 0 aliphatic carbocycles. The first-order valence-corrected chi connectivity index (χ1v) is 22.6. The second-order valence-corrected chi connectivity index (χ2v) is 23.0. The molecule has 3 heteroatoms. The smallest absolute Gasteiger partial charge is 0.123 e. The third-order valence-electron chi connectivity index (χ3n) is 9.41. The standard InChI is InChI=1S/C12H17F.C12H18O.2C12H18.C11H15F/c1-9-5-6-11(13)7-10(9)8-12(2,3)4;1-12(2,3)9-10-5-7-11(13-4)8-6-10;1-10-5-7-11(8-6-10)9-12(2,3)4;1-12(2,3)10-9-11-7-5-4-6-8-11;1-11(2,3)8-9-5-4-6-10(12)7-9/h5-7H,8H2,1-4H3;5-8H,9H2,1-4H3;5-8H,9H2,1-4H3;4-8H,9-10H2,1-3H3;4-7H,8H2,1-3H3. The van der Waals surface area contributed by atoms with Crippen molar-refractivity contribution in [3.63, 3.8) is 0 Å². The zero-order valence-corrected chi connectivity index (χ0v) is 42.5. The average Bonchev–Trinajstić information content (AvgIpc) is 3.12. The summed E-state index contributed by atoms with van der Waals surface area (Å²) >= 11 is 0. The first-order chi connectivity index (χ1) is 28.4. The fraction of sp³-hybridized carbons (Fsp3) is 0.492. The van der Waals surface area contributed by atoms with Crippen LogP contribution >= 0.6 is 0 Å². The first-order valence-electron chi connectivity index (χ1n) is 22.6. The lowest BCUT2D eigenvalue weighted by Crippen LogP contribution is -2.10. The number of rotatable bonds is 7. The molecule has 5 rings (SSSR count). The van der Waals surface area contributed by atoms with Crippen LogP contribution < -0.4 is 4.74 Å². The average molecular weight is 849 g/mol. The Kier molecular flexibility index (Phi) is 23.2. The molecule has 0 spiro atoms. The number of halogens is 2. The van der Waals surface area contributed by atoms with E-state index >= 15 is 0 Å². The molecule has 342 valence electrons. The van der Waals surface area contributed by atoms with E-state index in [-0.39, 0.29) is 22.5 Å². The van der Waals surface area contributed by atoms with E-state index in [2.05, 4.69) is 178 Å². The molecular weight excluding hydrogens is 763 g/mol. The van der Waals surface area contributed by atoms with Gasteiger partial charge in [0.1, 0.15) is 17.4 Å². The summed E-state index contributed by atoms with van der Waals surface area (Å²) in [5.41, 5.74) is 10.6. The second-order valence-electron chi connectivity index (χ2n) is 23.0. The molecule has 5 aromatic carbocycles. The monoisotopic (exact) mass is 849 g/mol. The van der Waals surface area contributed by atoms with Gasteiger partial charge in [0.15, 0.2) is 0 Å². The molecule has 0 saturated carbocycles. The van der Waals surface area contributed by atoms with E-state index < -0.39 is 0 Å². The fourth-order valence-corrected chi connectivity index (χ4v) is 6.50. The van der Waals surface area contributed by atoms with Crippen molar-refractivity contribution in [2.45, 2.75) is 156 Å². The van der Waals surface area contributed by atoms with Crippen LogP contribution in [0.15, 0.2) is 121 Å². The van der Waals surface area contributed by atoms with E-state index in [1.54, 1.807) is 25.3 Å². The Labute approximate surface area is 380 Å². The SMILES string of the molecule is CC(C)(C)CCc1ccccc1.CC(C)(C)Cc1cccc(F)c1.COc1ccc(CC(C)(C)C)cc1.Cc1ccc(CC(C)(C)C)cc1.Cc1ccc(F)cc1CC(C)(C)C. The van der Waals surface area contributed by atoms with Crippen LogP contribution in [-0.2, 0) is 32.1 Å². The van der Waals surface area contributed by atoms with Gasteiger partial charge >= 0.3 is 0 Å². The van der Waals surface area contributed by atoms with Gasteiger partial charge in [0.2, 0.25) is 0 Å². The van der Waals surface area contributed by atoms with E-state index in [9.17, 15) is 8.78 Å². The predicted octanol–water partition coefficient (Wildman–Crippen LogP) is 17.7. The molecule has 0 N–H and O–H groups in total. The van der Waals surface area contributed by atoms with E-state index in [1.807, 2.05) is 31.2 Å². The highest BCUT2D eigenvalue weighted by atomic mass is 19.1. The molecule has 5 aromatic rings. The van der Waals surface area contributed by atoms with Gasteiger partial charge < -0.3 is 4.74 Å². The van der Waals surface area contributed by atoms with Crippen LogP contribution in [0.5, 0.6) is 5.75 Å². The van der Waals surface area contributed by atoms with Gasteiger partial charge in [-0.15, -0.1) is 0 Å². The number of ether oxygens (including phenoxy) is 1. The Morgan fingerprint density at radius 3 is 1.27 bits per heavy atom. The molecule has 62 heavy (non-hydrogen) atoms. The maximum Gasteiger partial charge on any atom is 0.123 e. The molecule has 1 nitrogen and oxygen atoms in total. The minimum absolute atomic E-state index is 0.134. The Morgan fingerprint density at radius 2 is 0.839 bits per heavy atom. The summed E-state index contributed by atoms with van der Waals surface area (Å²) in [5.74, 6) is 0.652. The summed E-state index contributed by atoms with van der Waals surface area (Å²) in [6.45, 7) is 37.5. The van der Waals surface area contributed by atoms with Gasteiger partial charge in [-0.25, -0.2) is 8.78 Å². The number of aryl methyl sites for hydroxylation is 3. The zero-order valence-electron chi connectivity index (χ0n) is 42.5. The van der Waals surface area contributed by atoms with E-state index in [0.717, 1.165) is 42.6 Å². The minimum Gasteiger partial charge on any atom is -0.497 e. The largest absolute Gasteiger partial charge is 0.497 e. The summed E-state index contributed by atoms with van der Waals surface area (Å²) in [4.78, 5) is 0. The van der Waals surface area contributed by atoms with Crippen LogP contribution in [0.25, 0.3) is 0 Å². The lowest BCUT2D eigenvalue weighted by atomic mass is 9.86. The van der Waals surface area contributed by atoms with Gasteiger partial charge in [0.25, 0.3) is 0 Å². The van der Waals surface area contributed by atoms with Crippen LogP contribution in [0, 0.1) is 52.6 Å². The van der Waals surface area contributed by atoms with Crippen molar-refractivity contribution in [3.05, 3.63) is 172 Å². The van der Waals surface area contributed by atoms with Gasteiger partial charge in [-0.2, -0.15) is 0 Å². The van der Waals surface area contributed by atoms with Crippen molar-refractivity contribution >= 4 is 0 Å². The normalized spacial score (nSPS) is 11.6. The molecule has 0 heterocycles. The highest BCUT2D eigenvalue weighted by molar-refractivity contribution is 5.28. The lowest BCUT2D eigenvalue weighted by Gasteiger charge is -2.19. The molecule has 0 unspecified atom stereocenters. The Morgan fingerprint density at radius 1 is 0.403 bits per heavy atom. The third kappa shape index (κ3) is 29.9. The van der Waals surface area contributed by atoms with Crippen LogP contribution in [0.2, 0.25) is 0 Å². The molecule has 0 aliphatic heterocycles. The molecule has 0 saturated heterocycles. The third-order valence-corrected chi connectivity index (χ3v) is 9.41. The van der Waals surface area contributed by atoms with Gasteiger partial charge in [0.05, 0.1) is 7.11 Å². The van der Waals surface area contributed by atoms with Gasteiger partial charge in [-0.3, -0.25) is 0 Å². The Hall–Kier alpha value is -4.24. The number of hydrogen-bond acceptors (Lipinski definition) is 1. The summed E-state index contributed by atoms with van der Waals surface area (Å²) in [5, 5.41) is 0. The highest BCUT2D eigenvalue weighted by Gasteiger charge is 2.14. The Balaban J connectivity index is 0.000000388. The van der Waals surface area contributed by atoms with Crippen molar-refractivity contribution < 1.29 is 13.5 Å². The summed E-state index contributed by atoms with van der Waals surface area (Å²) in [6, 6.07) is 39.6. The molecule has 0 bridgehead atoms. The maximum atomic E-state index is 12.9. The quantitative estimate of drug-likeness (QED) is 0.159. The Bertz CT molecular complexity index is 1940. The van der Waals surface area contributed by atoms with Gasteiger partial charge in [-0.05, 0) is 149 Å². The van der Waals surface area contributed by atoms with Crippen molar-refractivity contribution in [2.24, 2.45) is 27.1 Å². The van der Waals surface area contributed by atoms with E-state index in [4.69, 9.17) is 4.74 Å². The summed E-state index contributed by atoms with van der Waals surface area (Å²) < 4.78 is 30.8. The van der Waals surface area contributed by atoms with Crippen molar-refractivity contribution in [1.29, 1.82) is 0 Å². The van der Waals surface area contributed by atoms with Crippen molar-refractivity contribution in [2.75, 3.05) is 7.11 Å². The minimum atomic E-state index is -0.142. The first kappa shape index (κ1) is 55.8. The van der Waals surface area contributed by atoms with Crippen molar-refractivity contribution in [1.82, 2.24) is 0 Å². The predicted molar refractivity (Wildman–Crippen MR) is 269 cm³/mol. The molecular formula is C59H86F2O. The van der Waals surface area contributed by atoms with Crippen LogP contribution in [0.3, 0.4) is 0 Å². The molecule has 0 aromatic heterocycles. The van der Waals surface area contributed by atoms with Gasteiger partial charge in [0, 0.05) is 0 Å². The zero-order chi connectivity index (χ0) is 47.4. The number of hydrogen-bond donors (Lipinski definition) is 0. The van der Waals surface area contributed by atoms with Crippen LogP contribution in [-0.4, -0.2) is 7.11 Å². The second kappa shape index (κ2) is 25.8. The number of benzene rings is 5. The summed E-state index contributed by atoms with van der Waals surface area (Å²) in [7, 11) is 1.69. The maximum absolute atomic E-state index is 12.9. The van der Waals surface area contributed by atoms with Crippen LogP contribution in [0.1, 0.15) is 149 Å². The van der Waals surface area contributed by atoms with Gasteiger partial charge in [-0.1, -0.05) is 194 Å². The molecule has 0 atom stereocenters. The highest BCUT2D eigenvalue weighted by Crippen LogP contribution is 2.25. The van der Waals surface area contributed by atoms with Crippen molar-refractivity contribution in [3.8, 4) is 5.75 Å². The van der Waals surface area contributed by atoms with E-state index in [0.29, 0.717) is 16.2 Å². The molecule has 0 amide bonds. The fourth-order valence-electron chi connectivity index (χ4n) is 6.50. The molecule has 0 radical (unpaired) electrons.